The molecule has 0 amide bonds. The molecular weight excluding hydrogens is 276 g/mol. The van der Waals surface area contributed by atoms with Crippen molar-refractivity contribution < 1.29 is 14.6 Å². The highest BCUT2D eigenvalue weighted by Crippen LogP contribution is 2.31. The topological polar surface area (TPSA) is 46.5 Å². The fourth-order valence-electron chi connectivity index (χ4n) is 2.42. The van der Waals surface area contributed by atoms with Gasteiger partial charge in [0.15, 0.2) is 0 Å². The molecule has 0 radical (unpaired) electrons. The molecule has 1 aliphatic carbocycles. The highest BCUT2D eigenvalue weighted by atomic mass is 16.5. The van der Waals surface area contributed by atoms with Gasteiger partial charge < -0.3 is 9.84 Å². The van der Waals surface area contributed by atoms with Crippen LogP contribution in [0, 0.1) is 11.8 Å². The van der Waals surface area contributed by atoms with Crippen LogP contribution in [0.5, 0.6) is 0 Å². The first-order valence-electron chi connectivity index (χ1n) is 8.50. The Morgan fingerprint density at radius 1 is 1.41 bits per heavy atom. The molecule has 0 spiro atoms. The van der Waals surface area contributed by atoms with E-state index in [0.717, 1.165) is 30.9 Å². The molecule has 0 heterocycles. The van der Waals surface area contributed by atoms with E-state index in [2.05, 4.69) is 26.8 Å². The maximum Gasteiger partial charge on any atom is 0.328 e. The molecule has 1 aliphatic rings. The molecule has 0 bridgehead atoms. The van der Waals surface area contributed by atoms with Gasteiger partial charge in [-0.05, 0) is 63.9 Å². The van der Waals surface area contributed by atoms with Gasteiger partial charge in [0, 0.05) is 6.08 Å². The lowest BCUT2D eigenvalue weighted by atomic mass is 9.94. The Hall–Kier alpha value is -1.09. The lowest BCUT2D eigenvalue weighted by Crippen LogP contribution is -2.25. The number of carboxylic acid groups (broad SMARTS) is 1. The number of aliphatic carboxylic acids is 1. The summed E-state index contributed by atoms with van der Waals surface area (Å²) < 4.78 is 6.01. The highest BCUT2D eigenvalue weighted by Gasteiger charge is 2.26. The molecule has 1 rings (SSSR count). The van der Waals surface area contributed by atoms with E-state index in [1.807, 2.05) is 13.0 Å². The molecule has 3 nitrogen and oxygen atoms in total. The molecule has 3 heteroatoms. The minimum Gasteiger partial charge on any atom is -0.478 e. The van der Waals surface area contributed by atoms with Gasteiger partial charge in [-0.1, -0.05) is 31.9 Å². The minimum absolute atomic E-state index is 0.00103. The normalized spacial score (nSPS) is 17.9. The molecule has 0 aromatic carbocycles. The van der Waals surface area contributed by atoms with Gasteiger partial charge in [0.05, 0.1) is 12.2 Å². The zero-order chi connectivity index (χ0) is 16.6. The second-order valence-corrected chi connectivity index (χ2v) is 7.38. The maximum absolute atomic E-state index is 10.5. The van der Waals surface area contributed by atoms with Crippen LogP contribution in [0.15, 0.2) is 23.8 Å². The van der Waals surface area contributed by atoms with E-state index in [9.17, 15) is 4.79 Å². The van der Waals surface area contributed by atoms with Crippen molar-refractivity contribution in [1.29, 1.82) is 0 Å². The monoisotopic (exact) mass is 308 g/mol. The summed E-state index contributed by atoms with van der Waals surface area (Å²) in [7, 11) is 0. The molecule has 0 aromatic rings. The molecule has 0 aromatic heterocycles. The van der Waals surface area contributed by atoms with Gasteiger partial charge in [-0.25, -0.2) is 4.79 Å². The van der Waals surface area contributed by atoms with Crippen molar-refractivity contribution in [2.75, 3.05) is 6.61 Å². The first-order valence-corrected chi connectivity index (χ1v) is 8.50. The van der Waals surface area contributed by atoms with E-state index in [4.69, 9.17) is 9.84 Å². The number of carboxylic acids is 1. The van der Waals surface area contributed by atoms with E-state index >= 15 is 0 Å². The lowest BCUT2D eigenvalue weighted by molar-refractivity contribution is -0.131. The molecule has 1 atom stereocenters. The van der Waals surface area contributed by atoms with Crippen LogP contribution in [0.2, 0.25) is 0 Å². The molecule has 0 aliphatic heterocycles. The van der Waals surface area contributed by atoms with Crippen molar-refractivity contribution in [2.45, 2.75) is 71.8 Å². The predicted molar refractivity (Wildman–Crippen MR) is 90.9 cm³/mol. The summed E-state index contributed by atoms with van der Waals surface area (Å²) in [6.07, 6.45) is 12.4. The number of ether oxygens (including phenoxy) is 1. The van der Waals surface area contributed by atoms with Crippen molar-refractivity contribution in [1.82, 2.24) is 0 Å². The van der Waals surface area contributed by atoms with Crippen molar-refractivity contribution in [3.05, 3.63) is 23.8 Å². The summed E-state index contributed by atoms with van der Waals surface area (Å²) in [6.45, 7) is 9.38. The van der Waals surface area contributed by atoms with E-state index < -0.39 is 5.97 Å². The summed E-state index contributed by atoms with van der Waals surface area (Å²) in [6, 6.07) is 0. The zero-order valence-electron chi connectivity index (χ0n) is 14.6. The first kappa shape index (κ1) is 19.0. The highest BCUT2D eigenvalue weighted by molar-refractivity contribution is 5.81. The third-order valence-corrected chi connectivity index (χ3v) is 4.15. The van der Waals surface area contributed by atoms with Crippen molar-refractivity contribution in [3.8, 4) is 0 Å². The third-order valence-electron chi connectivity index (χ3n) is 4.15. The van der Waals surface area contributed by atoms with E-state index in [0.29, 0.717) is 5.92 Å². The van der Waals surface area contributed by atoms with E-state index in [1.54, 1.807) is 0 Å². The summed E-state index contributed by atoms with van der Waals surface area (Å²) in [5, 5.41) is 8.64. The average Bonchev–Trinajstić information content (AvgIpc) is 3.19. The maximum atomic E-state index is 10.5. The Kier molecular flexibility index (Phi) is 7.88. The molecule has 126 valence electrons. The smallest absolute Gasteiger partial charge is 0.328 e. The largest absolute Gasteiger partial charge is 0.478 e. The van der Waals surface area contributed by atoms with E-state index in [-0.39, 0.29) is 5.60 Å². The van der Waals surface area contributed by atoms with Crippen LogP contribution < -0.4 is 0 Å². The quantitative estimate of drug-likeness (QED) is 0.433. The first-order chi connectivity index (χ1) is 10.3. The predicted octanol–water partition coefficient (Wildman–Crippen LogP) is 4.98. The second-order valence-electron chi connectivity index (χ2n) is 7.38. The van der Waals surface area contributed by atoms with Gasteiger partial charge in [0.1, 0.15) is 0 Å². The van der Waals surface area contributed by atoms with Gasteiger partial charge in [-0.3, -0.25) is 0 Å². The van der Waals surface area contributed by atoms with Crippen LogP contribution in [0.1, 0.15) is 66.2 Å². The summed E-state index contributed by atoms with van der Waals surface area (Å²) in [5.41, 5.74) is 0.785. The molecule has 1 saturated carbocycles. The Balaban J connectivity index is 2.15. The van der Waals surface area contributed by atoms with Gasteiger partial charge >= 0.3 is 5.97 Å². The zero-order valence-corrected chi connectivity index (χ0v) is 14.6. The SMILES string of the molecule is CC(/C=C/CC(C)CCCC(C)(C)OCC1CC1)=C\C(=O)O. The number of hydrogen-bond acceptors (Lipinski definition) is 2. The van der Waals surface area contributed by atoms with Gasteiger partial charge in [-0.15, -0.1) is 0 Å². The Morgan fingerprint density at radius 2 is 2.09 bits per heavy atom. The third kappa shape index (κ3) is 9.78. The Bertz CT molecular complexity index is 403. The van der Waals surface area contributed by atoms with Crippen LogP contribution in [0.3, 0.4) is 0 Å². The summed E-state index contributed by atoms with van der Waals surface area (Å²) in [5.74, 6) is 0.558. The van der Waals surface area contributed by atoms with Crippen molar-refractivity contribution in [2.24, 2.45) is 11.8 Å². The molecule has 0 saturated heterocycles. The van der Waals surface area contributed by atoms with Gasteiger partial charge in [0.25, 0.3) is 0 Å². The molecule has 1 fully saturated rings. The Labute approximate surface area is 135 Å². The molecule has 1 unspecified atom stereocenters. The lowest BCUT2D eigenvalue weighted by Gasteiger charge is -2.26. The molecule has 1 N–H and O–H groups in total. The molecule has 22 heavy (non-hydrogen) atoms. The number of rotatable bonds is 11. The number of hydrogen-bond donors (Lipinski definition) is 1. The van der Waals surface area contributed by atoms with E-state index in [1.165, 1.54) is 31.8 Å². The fraction of sp³-hybridized carbons (Fsp3) is 0.737. The Morgan fingerprint density at radius 3 is 2.68 bits per heavy atom. The van der Waals surface area contributed by atoms with Crippen LogP contribution in [-0.4, -0.2) is 23.3 Å². The minimum atomic E-state index is -0.886. The van der Waals surface area contributed by atoms with Crippen molar-refractivity contribution in [3.63, 3.8) is 0 Å². The second kappa shape index (κ2) is 9.14. The summed E-state index contributed by atoms with van der Waals surface area (Å²) in [4.78, 5) is 10.5. The van der Waals surface area contributed by atoms with Crippen LogP contribution >= 0.6 is 0 Å². The van der Waals surface area contributed by atoms with Gasteiger partial charge in [0.2, 0.25) is 0 Å². The van der Waals surface area contributed by atoms with Gasteiger partial charge in [-0.2, -0.15) is 0 Å². The number of allylic oxidation sites excluding steroid dienone is 3. The fourth-order valence-corrected chi connectivity index (χ4v) is 2.42. The molecular formula is C19H32O3. The van der Waals surface area contributed by atoms with Crippen LogP contribution in [0.4, 0.5) is 0 Å². The summed E-state index contributed by atoms with van der Waals surface area (Å²) >= 11 is 0. The number of carbonyl (C=O) groups is 1. The average molecular weight is 308 g/mol. The van der Waals surface area contributed by atoms with Crippen LogP contribution in [0.25, 0.3) is 0 Å². The van der Waals surface area contributed by atoms with Crippen LogP contribution in [-0.2, 0) is 9.53 Å². The van der Waals surface area contributed by atoms with Crippen molar-refractivity contribution >= 4 is 5.97 Å². The standard InChI is InChI=1S/C19H32O3/c1-15(7-5-8-16(2)13-18(20)21)9-6-12-19(3,4)22-14-17-10-11-17/h5,8,13,15,17H,6-7,9-12,14H2,1-4H3,(H,20,21)/b8-5+,16-13+.